The number of hydrogen-bond acceptors (Lipinski definition) is 6. The summed E-state index contributed by atoms with van der Waals surface area (Å²) in [4.78, 5) is 32.3. The zero-order valence-electron chi connectivity index (χ0n) is 22.3. The Morgan fingerprint density at radius 1 is 0.949 bits per heavy atom. The number of amides is 2. The van der Waals surface area contributed by atoms with Gasteiger partial charge in [0, 0.05) is 31.0 Å². The van der Waals surface area contributed by atoms with Crippen LogP contribution in [0, 0.1) is 6.92 Å². The molecule has 0 spiro atoms. The number of nitrogens with zero attached hydrogens (tertiary/aromatic N) is 4. The Bertz CT molecular complexity index is 1460. The minimum atomic E-state index is -0.379. The van der Waals surface area contributed by atoms with Gasteiger partial charge in [-0.3, -0.25) is 9.59 Å². The first-order valence-corrected chi connectivity index (χ1v) is 12.9. The lowest BCUT2D eigenvalue weighted by atomic mass is 9.89. The monoisotopic (exact) mass is 525 g/mol. The highest BCUT2D eigenvalue weighted by molar-refractivity contribution is 6.05. The number of carbonyl (C=O) groups is 2. The molecule has 39 heavy (non-hydrogen) atoms. The molecule has 1 N–H and O–H groups in total. The van der Waals surface area contributed by atoms with Crippen molar-refractivity contribution in [1.82, 2.24) is 19.7 Å². The molecule has 1 fully saturated rings. The van der Waals surface area contributed by atoms with Gasteiger partial charge in [0.15, 0.2) is 17.2 Å². The number of hydrogen-bond donors (Lipinski definition) is 1. The third kappa shape index (κ3) is 5.47. The van der Waals surface area contributed by atoms with Crippen LogP contribution >= 0.6 is 0 Å². The molecule has 1 aliphatic heterocycles. The molecule has 200 valence electrons. The summed E-state index contributed by atoms with van der Waals surface area (Å²) in [6.45, 7) is 3.24. The highest BCUT2D eigenvalue weighted by atomic mass is 16.5. The van der Waals surface area contributed by atoms with Crippen LogP contribution in [-0.2, 0) is 0 Å². The quantitative estimate of drug-likeness (QED) is 0.370. The molecule has 2 aromatic heterocycles. The number of anilines is 1. The molecular formula is C30H31N5O4. The van der Waals surface area contributed by atoms with Crippen LogP contribution < -0.4 is 14.8 Å². The van der Waals surface area contributed by atoms with E-state index in [4.69, 9.17) is 9.47 Å². The number of carbonyl (C=O) groups excluding carboxylic acids is 2. The maximum Gasteiger partial charge on any atom is 0.278 e. The standard InChI is InChI=1S/C30H31N5O4/c1-20-19-25(35(33-20)24-7-5-4-6-8-24)30(37)34-17-14-22(15-18-34)21-9-11-23(12-10-21)32-29(36)27-28(39-3)26(38-2)13-16-31-27/h4-13,16,19,22H,14-15,17-18H2,1-3H3,(H,32,36). The first-order valence-electron chi connectivity index (χ1n) is 12.9. The van der Waals surface area contributed by atoms with Crippen LogP contribution in [0.25, 0.3) is 5.69 Å². The molecule has 2 amide bonds. The molecule has 4 aromatic rings. The molecule has 0 atom stereocenters. The SMILES string of the molecule is COc1ccnc(C(=O)Nc2ccc(C3CCN(C(=O)c4cc(C)nn4-c4ccccc4)CC3)cc2)c1OC. The number of likely N-dealkylation sites (tertiary alicyclic amines) is 1. The van der Waals surface area contributed by atoms with Crippen molar-refractivity contribution >= 4 is 17.5 Å². The Hall–Kier alpha value is -4.66. The number of benzene rings is 2. The molecule has 9 nitrogen and oxygen atoms in total. The molecule has 0 bridgehead atoms. The summed E-state index contributed by atoms with van der Waals surface area (Å²) in [7, 11) is 2.99. The van der Waals surface area contributed by atoms with E-state index in [-0.39, 0.29) is 23.3 Å². The second-order valence-corrected chi connectivity index (χ2v) is 9.46. The first kappa shape index (κ1) is 26.0. The fraction of sp³-hybridized carbons (Fsp3) is 0.267. The van der Waals surface area contributed by atoms with Crippen LogP contribution in [0.5, 0.6) is 11.5 Å². The minimum Gasteiger partial charge on any atom is -0.493 e. The molecule has 1 saturated heterocycles. The van der Waals surface area contributed by atoms with E-state index < -0.39 is 0 Å². The van der Waals surface area contributed by atoms with Crippen LogP contribution in [0.2, 0.25) is 0 Å². The van der Waals surface area contributed by atoms with Crippen molar-refractivity contribution in [2.45, 2.75) is 25.7 Å². The summed E-state index contributed by atoms with van der Waals surface area (Å²) in [6, 6.07) is 21.1. The third-order valence-electron chi connectivity index (χ3n) is 6.98. The Morgan fingerprint density at radius 2 is 1.67 bits per heavy atom. The maximum absolute atomic E-state index is 13.4. The van der Waals surface area contributed by atoms with Crippen LogP contribution in [0.3, 0.4) is 0 Å². The summed E-state index contributed by atoms with van der Waals surface area (Å²) in [6.07, 6.45) is 3.23. The number of para-hydroxylation sites is 1. The van der Waals surface area contributed by atoms with Gasteiger partial charge in [0.25, 0.3) is 11.8 Å². The number of methoxy groups -OCH3 is 2. The number of rotatable bonds is 7. The maximum atomic E-state index is 13.4. The summed E-state index contributed by atoms with van der Waals surface area (Å²) in [5.41, 5.74) is 4.26. The van der Waals surface area contributed by atoms with Crippen LogP contribution in [0.4, 0.5) is 5.69 Å². The van der Waals surface area contributed by atoms with E-state index in [1.807, 2.05) is 72.5 Å². The normalized spacial score (nSPS) is 13.7. The van der Waals surface area contributed by atoms with Crippen LogP contribution in [0.15, 0.2) is 72.9 Å². The predicted octanol–water partition coefficient (Wildman–Crippen LogP) is 4.87. The predicted molar refractivity (Wildman–Crippen MR) is 148 cm³/mol. The van der Waals surface area contributed by atoms with Gasteiger partial charge in [0.1, 0.15) is 5.69 Å². The van der Waals surface area contributed by atoms with E-state index in [2.05, 4.69) is 15.4 Å². The van der Waals surface area contributed by atoms with Crippen molar-refractivity contribution in [2.75, 3.05) is 32.6 Å². The molecule has 5 rings (SSSR count). The van der Waals surface area contributed by atoms with Crippen molar-refractivity contribution in [3.05, 3.63) is 95.6 Å². The molecule has 9 heteroatoms. The molecule has 1 aliphatic rings. The Kier molecular flexibility index (Phi) is 7.58. The zero-order valence-corrected chi connectivity index (χ0v) is 22.3. The van der Waals surface area contributed by atoms with E-state index >= 15 is 0 Å². The number of aryl methyl sites for hydroxylation is 1. The van der Waals surface area contributed by atoms with Crippen LogP contribution in [-0.4, -0.2) is 58.8 Å². The number of pyridine rings is 1. The van der Waals surface area contributed by atoms with Gasteiger partial charge < -0.3 is 19.7 Å². The zero-order chi connectivity index (χ0) is 27.4. The fourth-order valence-electron chi connectivity index (χ4n) is 4.97. The lowest BCUT2D eigenvalue weighted by molar-refractivity contribution is 0.0703. The highest BCUT2D eigenvalue weighted by Gasteiger charge is 2.27. The van der Waals surface area contributed by atoms with E-state index in [0.29, 0.717) is 36.1 Å². The van der Waals surface area contributed by atoms with Crippen molar-refractivity contribution in [3.63, 3.8) is 0 Å². The van der Waals surface area contributed by atoms with Gasteiger partial charge in [0.05, 0.1) is 25.6 Å². The topological polar surface area (TPSA) is 98.6 Å². The van der Waals surface area contributed by atoms with E-state index in [9.17, 15) is 9.59 Å². The number of piperidine rings is 1. The van der Waals surface area contributed by atoms with Crippen molar-refractivity contribution in [3.8, 4) is 17.2 Å². The van der Waals surface area contributed by atoms with Gasteiger partial charge in [-0.15, -0.1) is 0 Å². The molecule has 0 radical (unpaired) electrons. The molecule has 0 unspecified atom stereocenters. The van der Waals surface area contributed by atoms with Gasteiger partial charge in [-0.05, 0) is 61.6 Å². The van der Waals surface area contributed by atoms with Crippen LogP contribution in [0.1, 0.15) is 51.0 Å². The smallest absolute Gasteiger partial charge is 0.278 e. The average molecular weight is 526 g/mol. The van der Waals surface area contributed by atoms with Gasteiger partial charge >= 0.3 is 0 Å². The second kappa shape index (κ2) is 11.4. The van der Waals surface area contributed by atoms with Gasteiger partial charge in [-0.1, -0.05) is 30.3 Å². The van der Waals surface area contributed by atoms with Gasteiger partial charge in [-0.25, -0.2) is 9.67 Å². The number of aromatic nitrogens is 3. The van der Waals surface area contributed by atoms with Gasteiger partial charge in [-0.2, -0.15) is 5.10 Å². The second-order valence-electron chi connectivity index (χ2n) is 9.46. The fourth-order valence-corrected chi connectivity index (χ4v) is 4.97. The number of ether oxygens (including phenoxy) is 2. The third-order valence-corrected chi connectivity index (χ3v) is 6.98. The largest absolute Gasteiger partial charge is 0.493 e. The highest BCUT2D eigenvalue weighted by Crippen LogP contribution is 2.31. The minimum absolute atomic E-state index is 0.00227. The van der Waals surface area contributed by atoms with Crippen molar-refractivity contribution in [1.29, 1.82) is 0 Å². The van der Waals surface area contributed by atoms with E-state index in [1.165, 1.54) is 26.0 Å². The van der Waals surface area contributed by atoms with E-state index in [1.54, 1.807) is 10.7 Å². The summed E-state index contributed by atoms with van der Waals surface area (Å²) in [5, 5.41) is 7.42. The lowest BCUT2D eigenvalue weighted by Gasteiger charge is -2.32. The summed E-state index contributed by atoms with van der Waals surface area (Å²) in [5.74, 6) is 0.683. The molecule has 0 saturated carbocycles. The lowest BCUT2D eigenvalue weighted by Crippen LogP contribution is -2.38. The van der Waals surface area contributed by atoms with Gasteiger partial charge in [0.2, 0.25) is 0 Å². The Labute approximate surface area is 227 Å². The van der Waals surface area contributed by atoms with Crippen molar-refractivity contribution < 1.29 is 19.1 Å². The molecular weight excluding hydrogens is 494 g/mol. The first-order chi connectivity index (χ1) is 19.0. The van der Waals surface area contributed by atoms with Crippen molar-refractivity contribution in [2.24, 2.45) is 0 Å². The Morgan fingerprint density at radius 3 is 2.33 bits per heavy atom. The summed E-state index contributed by atoms with van der Waals surface area (Å²) >= 11 is 0. The average Bonchev–Trinajstić information content (AvgIpc) is 3.38. The summed E-state index contributed by atoms with van der Waals surface area (Å²) < 4.78 is 12.3. The van der Waals surface area contributed by atoms with E-state index in [0.717, 1.165) is 24.2 Å². The molecule has 2 aromatic carbocycles. The number of nitrogens with one attached hydrogen (secondary N) is 1. The molecule has 0 aliphatic carbocycles. The Balaban J connectivity index is 1.21. The molecule has 3 heterocycles.